The quantitative estimate of drug-likeness (QED) is 0.776. The lowest BCUT2D eigenvalue weighted by molar-refractivity contribution is -0.174. The van der Waals surface area contributed by atoms with Gasteiger partial charge in [-0.2, -0.15) is 13.2 Å². The molecule has 0 radical (unpaired) electrons. The first-order valence-corrected chi connectivity index (χ1v) is 4.83. The highest BCUT2D eigenvalue weighted by Crippen LogP contribution is 2.14. The average Bonchev–Trinajstić information content (AvgIpc) is 2.18. The number of nitrogens with zero attached hydrogens (tertiary/aromatic N) is 1. The van der Waals surface area contributed by atoms with Crippen LogP contribution in [-0.4, -0.2) is 28.9 Å². The van der Waals surface area contributed by atoms with Gasteiger partial charge in [0.2, 0.25) is 0 Å². The maximum Gasteiger partial charge on any atom is 0.411 e. The van der Waals surface area contributed by atoms with Crippen LogP contribution in [0.4, 0.5) is 13.2 Å². The molecule has 1 aromatic rings. The van der Waals surface area contributed by atoms with Crippen LogP contribution in [0.3, 0.4) is 0 Å². The molecule has 0 fully saturated rings. The van der Waals surface area contributed by atoms with Crippen molar-refractivity contribution in [2.45, 2.75) is 19.1 Å². The van der Waals surface area contributed by atoms with Crippen molar-refractivity contribution in [2.24, 2.45) is 0 Å². The molecular weight excluding hydrogens is 241 g/mol. The Bertz CT molecular complexity index is 464. The first-order chi connectivity index (χ1) is 7.88. The Morgan fingerprint density at radius 1 is 1.35 bits per heavy atom. The number of rotatable bonds is 5. The molecule has 0 unspecified atom stereocenters. The number of halogens is 3. The van der Waals surface area contributed by atoms with E-state index in [1.165, 1.54) is 10.8 Å². The van der Waals surface area contributed by atoms with Crippen molar-refractivity contribution in [3.8, 4) is 0 Å². The predicted molar refractivity (Wildman–Crippen MR) is 52.8 cm³/mol. The summed E-state index contributed by atoms with van der Waals surface area (Å²) in [7, 11) is 0. The molecule has 1 N–H and O–H groups in total. The van der Waals surface area contributed by atoms with Crippen LogP contribution in [0.15, 0.2) is 21.9 Å². The van der Waals surface area contributed by atoms with Crippen LogP contribution < -0.4 is 11.2 Å². The first kappa shape index (κ1) is 13.5. The predicted octanol–water partition coefficient (Wildman–Crippen LogP) is 0.506. The van der Waals surface area contributed by atoms with Crippen molar-refractivity contribution in [1.82, 2.24) is 9.55 Å². The molecular formula is C9H11F3N2O3. The molecule has 1 heterocycles. The highest BCUT2D eigenvalue weighted by molar-refractivity contribution is 4.82. The lowest BCUT2D eigenvalue weighted by atomic mass is 10.4. The second kappa shape index (κ2) is 5.67. The van der Waals surface area contributed by atoms with Gasteiger partial charge in [-0.25, -0.2) is 4.79 Å². The van der Waals surface area contributed by atoms with Crippen LogP contribution in [0.1, 0.15) is 6.42 Å². The Hall–Kier alpha value is -1.57. The van der Waals surface area contributed by atoms with E-state index in [0.717, 1.165) is 6.07 Å². The van der Waals surface area contributed by atoms with Crippen LogP contribution in [0, 0.1) is 0 Å². The summed E-state index contributed by atoms with van der Waals surface area (Å²) in [6.07, 6.45) is -2.80. The molecule has 0 aliphatic rings. The van der Waals surface area contributed by atoms with E-state index >= 15 is 0 Å². The van der Waals surface area contributed by atoms with Crippen molar-refractivity contribution in [2.75, 3.05) is 13.2 Å². The van der Waals surface area contributed by atoms with Gasteiger partial charge in [-0.3, -0.25) is 9.78 Å². The molecule has 0 aliphatic heterocycles. The SMILES string of the molecule is O=c1ccn(CCCOCC(F)(F)F)c(=O)[nH]1. The number of nitrogens with one attached hydrogen (secondary N) is 1. The summed E-state index contributed by atoms with van der Waals surface area (Å²) in [6.45, 7) is -1.22. The highest BCUT2D eigenvalue weighted by Gasteiger charge is 2.27. The first-order valence-electron chi connectivity index (χ1n) is 4.83. The van der Waals surface area contributed by atoms with E-state index in [9.17, 15) is 22.8 Å². The second-order valence-corrected chi connectivity index (χ2v) is 3.32. The zero-order valence-corrected chi connectivity index (χ0v) is 8.79. The van der Waals surface area contributed by atoms with E-state index in [-0.39, 0.29) is 19.6 Å². The van der Waals surface area contributed by atoms with Crippen LogP contribution in [0.5, 0.6) is 0 Å². The normalized spacial score (nSPS) is 11.7. The number of hydrogen-bond acceptors (Lipinski definition) is 3. The van der Waals surface area contributed by atoms with Crippen LogP contribution >= 0.6 is 0 Å². The van der Waals surface area contributed by atoms with Crippen LogP contribution in [-0.2, 0) is 11.3 Å². The number of aromatic nitrogens is 2. The van der Waals surface area contributed by atoms with Gasteiger partial charge in [0.1, 0.15) is 6.61 Å². The molecule has 0 amide bonds. The summed E-state index contributed by atoms with van der Waals surface area (Å²) in [5.74, 6) is 0. The Kier molecular flexibility index (Phi) is 4.50. The van der Waals surface area contributed by atoms with Gasteiger partial charge in [0, 0.05) is 25.4 Å². The number of H-pyrrole nitrogens is 1. The topological polar surface area (TPSA) is 64.1 Å². The smallest absolute Gasteiger partial charge is 0.372 e. The Balaban J connectivity index is 2.32. The molecule has 0 spiro atoms. The fourth-order valence-corrected chi connectivity index (χ4v) is 1.15. The zero-order valence-electron chi connectivity index (χ0n) is 8.79. The van der Waals surface area contributed by atoms with Crippen LogP contribution in [0.2, 0.25) is 0 Å². The third-order valence-corrected chi connectivity index (χ3v) is 1.85. The molecule has 1 rings (SSSR count). The molecule has 17 heavy (non-hydrogen) atoms. The lowest BCUT2D eigenvalue weighted by Gasteiger charge is -2.08. The van der Waals surface area contributed by atoms with Crippen molar-refractivity contribution in [3.63, 3.8) is 0 Å². The Morgan fingerprint density at radius 3 is 2.65 bits per heavy atom. The average molecular weight is 252 g/mol. The van der Waals surface area contributed by atoms with E-state index in [0.29, 0.717) is 0 Å². The minimum Gasteiger partial charge on any atom is -0.372 e. The standard InChI is InChI=1S/C9H11F3N2O3/c10-9(11,12)6-17-5-1-3-14-4-2-7(15)13-8(14)16/h2,4H,1,3,5-6H2,(H,13,15,16). The molecule has 0 bridgehead atoms. The van der Waals surface area contributed by atoms with Gasteiger partial charge in [0.05, 0.1) is 0 Å². The van der Waals surface area contributed by atoms with Gasteiger partial charge in [-0.1, -0.05) is 0 Å². The minimum absolute atomic E-state index is 0.106. The van der Waals surface area contributed by atoms with E-state index < -0.39 is 24.0 Å². The van der Waals surface area contributed by atoms with Gasteiger partial charge < -0.3 is 9.30 Å². The van der Waals surface area contributed by atoms with Gasteiger partial charge in [0.25, 0.3) is 5.56 Å². The summed E-state index contributed by atoms with van der Waals surface area (Å²) in [4.78, 5) is 23.9. The summed E-state index contributed by atoms with van der Waals surface area (Å²) < 4.78 is 40.6. The van der Waals surface area contributed by atoms with E-state index in [4.69, 9.17) is 0 Å². The second-order valence-electron chi connectivity index (χ2n) is 3.32. The molecule has 0 saturated carbocycles. The fraction of sp³-hybridized carbons (Fsp3) is 0.556. The minimum atomic E-state index is -4.34. The largest absolute Gasteiger partial charge is 0.411 e. The molecule has 0 saturated heterocycles. The van der Waals surface area contributed by atoms with Gasteiger partial charge in [-0.15, -0.1) is 0 Å². The number of hydrogen-bond donors (Lipinski definition) is 1. The molecule has 0 aliphatic carbocycles. The molecule has 0 aromatic carbocycles. The molecule has 0 atom stereocenters. The van der Waals surface area contributed by atoms with Gasteiger partial charge in [0.15, 0.2) is 0 Å². The molecule has 8 heteroatoms. The van der Waals surface area contributed by atoms with Crippen molar-refractivity contribution in [3.05, 3.63) is 33.1 Å². The zero-order chi connectivity index (χ0) is 12.9. The highest BCUT2D eigenvalue weighted by atomic mass is 19.4. The monoisotopic (exact) mass is 252 g/mol. The van der Waals surface area contributed by atoms with E-state index in [1.54, 1.807) is 0 Å². The number of ether oxygens (including phenoxy) is 1. The van der Waals surface area contributed by atoms with Crippen LogP contribution in [0.25, 0.3) is 0 Å². The molecule has 1 aromatic heterocycles. The maximum atomic E-state index is 11.7. The van der Waals surface area contributed by atoms with Crippen molar-refractivity contribution in [1.29, 1.82) is 0 Å². The molecule has 5 nitrogen and oxygen atoms in total. The fourth-order valence-electron chi connectivity index (χ4n) is 1.15. The van der Waals surface area contributed by atoms with E-state index in [1.807, 2.05) is 4.98 Å². The Morgan fingerprint density at radius 2 is 2.06 bits per heavy atom. The maximum absolute atomic E-state index is 11.7. The van der Waals surface area contributed by atoms with Crippen molar-refractivity contribution >= 4 is 0 Å². The number of aromatic amines is 1. The van der Waals surface area contributed by atoms with Crippen molar-refractivity contribution < 1.29 is 17.9 Å². The third kappa shape index (κ3) is 5.34. The Labute approximate surface area is 93.8 Å². The third-order valence-electron chi connectivity index (χ3n) is 1.85. The van der Waals surface area contributed by atoms with Gasteiger partial charge >= 0.3 is 11.9 Å². The summed E-state index contributed by atoms with van der Waals surface area (Å²) in [6, 6.07) is 1.16. The summed E-state index contributed by atoms with van der Waals surface area (Å²) >= 11 is 0. The number of alkyl halides is 3. The summed E-state index contributed by atoms with van der Waals surface area (Å²) in [5, 5.41) is 0. The lowest BCUT2D eigenvalue weighted by Crippen LogP contribution is -2.29. The van der Waals surface area contributed by atoms with Gasteiger partial charge in [-0.05, 0) is 6.42 Å². The number of aryl methyl sites for hydroxylation is 1. The molecule has 96 valence electrons. The summed E-state index contributed by atoms with van der Waals surface area (Å²) in [5.41, 5.74) is -1.10. The van der Waals surface area contributed by atoms with E-state index in [2.05, 4.69) is 4.74 Å².